The minimum Gasteiger partial charge on any atom is -0.368 e. The van der Waals surface area contributed by atoms with E-state index in [-0.39, 0.29) is 16.4 Å². The standard InChI is InChI=1S/C28H25NOS2/c29-27(30)28(31-25(21-13-5-1-6-14-21)22-15-7-2-8-16-22)32-26(23-17-9-3-10-18-23)24-19-11-4-12-20-24/h1-20,25-26,28H,(H2,29,30). The van der Waals surface area contributed by atoms with Crippen molar-refractivity contribution in [2.75, 3.05) is 0 Å². The van der Waals surface area contributed by atoms with Gasteiger partial charge >= 0.3 is 0 Å². The molecular formula is C28H25NOS2. The number of thioether (sulfide) groups is 2. The Hall–Kier alpha value is -2.95. The normalized spacial score (nSPS) is 11.2. The molecule has 32 heavy (non-hydrogen) atoms. The van der Waals surface area contributed by atoms with Gasteiger partial charge in [-0.05, 0) is 22.3 Å². The lowest BCUT2D eigenvalue weighted by molar-refractivity contribution is -0.116. The van der Waals surface area contributed by atoms with Crippen LogP contribution in [0.4, 0.5) is 0 Å². The summed E-state index contributed by atoms with van der Waals surface area (Å²) in [6, 6.07) is 41.2. The average molecular weight is 456 g/mol. The van der Waals surface area contributed by atoms with Crippen LogP contribution < -0.4 is 5.73 Å². The molecular weight excluding hydrogens is 430 g/mol. The van der Waals surface area contributed by atoms with Crippen molar-refractivity contribution in [1.82, 2.24) is 0 Å². The quantitative estimate of drug-likeness (QED) is 0.281. The lowest BCUT2D eigenvalue weighted by Gasteiger charge is -2.26. The molecule has 0 spiro atoms. The van der Waals surface area contributed by atoms with Gasteiger partial charge in [0, 0.05) is 0 Å². The Kier molecular flexibility index (Phi) is 7.70. The third-order valence-electron chi connectivity index (χ3n) is 5.16. The molecule has 2 N–H and O–H groups in total. The molecule has 0 fully saturated rings. The molecule has 0 aliphatic carbocycles. The molecule has 0 aromatic heterocycles. The van der Waals surface area contributed by atoms with Crippen molar-refractivity contribution in [2.45, 2.75) is 15.1 Å². The number of hydrogen-bond acceptors (Lipinski definition) is 3. The fourth-order valence-electron chi connectivity index (χ4n) is 3.62. The summed E-state index contributed by atoms with van der Waals surface area (Å²) in [4.78, 5) is 12.7. The number of nitrogens with two attached hydrogens (primary N) is 1. The zero-order valence-electron chi connectivity index (χ0n) is 17.6. The van der Waals surface area contributed by atoms with Gasteiger partial charge in [-0.3, -0.25) is 4.79 Å². The minimum absolute atomic E-state index is 0.00889. The second kappa shape index (κ2) is 11.1. The van der Waals surface area contributed by atoms with E-state index >= 15 is 0 Å². The molecule has 1 amide bonds. The van der Waals surface area contributed by atoms with Gasteiger partial charge in [0.25, 0.3) is 0 Å². The number of benzene rings is 4. The zero-order chi connectivity index (χ0) is 22.2. The van der Waals surface area contributed by atoms with E-state index in [1.165, 1.54) is 0 Å². The summed E-state index contributed by atoms with van der Waals surface area (Å²) in [5.74, 6) is -0.311. The number of primary amides is 1. The van der Waals surface area contributed by atoms with Crippen molar-refractivity contribution in [2.24, 2.45) is 5.73 Å². The average Bonchev–Trinajstić information content (AvgIpc) is 2.86. The van der Waals surface area contributed by atoms with E-state index in [1.54, 1.807) is 23.5 Å². The Balaban J connectivity index is 1.67. The maximum atomic E-state index is 12.7. The first kappa shape index (κ1) is 22.3. The van der Waals surface area contributed by atoms with E-state index in [0.717, 1.165) is 22.3 Å². The summed E-state index contributed by atoms with van der Waals surface area (Å²) in [6.07, 6.45) is 0. The van der Waals surface area contributed by atoms with Crippen LogP contribution >= 0.6 is 23.5 Å². The third kappa shape index (κ3) is 5.64. The van der Waals surface area contributed by atoms with Crippen LogP contribution in [0.25, 0.3) is 0 Å². The predicted molar refractivity (Wildman–Crippen MR) is 138 cm³/mol. The number of carbonyl (C=O) groups is 1. The second-order valence-electron chi connectivity index (χ2n) is 7.41. The Bertz CT molecular complexity index is 941. The van der Waals surface area contributed by atoms with E-state index in [9.17, 15) is 4.79 Å². The van der Waals surface area contributed by atoms with Gasteiger partial charge in [0.1, 0.15) is 4.58 Å². The number of carbonyl (C=O) groups excluding carboxylic acids is 1. The molecule has 0 radical (unpaired) electrons. The van der Waals surface area contributed by atoms with Crippen LogP contribution in [-0.2, 0) is 4.79 Å². The molecule has 0 aliphatic rings. The maximum absolute atomic E-state index is 12.7. The molecule has 4 rings (SSSR count). The van der Waals surface area contributed by atoms with Crippen LogP contribution in [0.5, 0.6) is 0 Å². The van der Waals surface area contributed by atoms with Crippen LogP contribution in [0.3, 0.4) is 0 Å². The summed E-state index contributed by atoms with van der Waals surface area (Å²) in [7, 11) is 0. The van der Waals surface area contributed by atoms with Crippen molar-refractivity contribution >= 4 is 29.4 Å². The summed E-state index contributed by atoms with van der Waals surface area (Å²) >= 11 is 3.22. The highest BCUT2D eigenvalue weighted by molar-refractivity contribution is 8.18. The van der Waals surface area contributed by atoms with Crippen molar-refractivity contribution in [1.29, 1.82) is 0 Å². The molecule has 0 atom stereocenters. The highest BCUT2D eigenvalue weighted by atomic mass is 32.2. The number of rotatable bonds is 9. The molecule has 2 nitrogen and oxygen atoms in total. The molecule has 0 aliphatic heterocycles. The van der Waals surface area contributed by atoms with Crippen LogP contribution in [-0.4, -0.2) is 10.5 Å². The molecule has 4 heteroatoms. The highest BCUT2D eigenvalue weighted by Gasteiger charge is 2.29. The zero-order valence-corrected chi connectivity index (χ0v) is 19.2. The molecule has 0 saturated heterocycles. The fourth-order valence-corrected chi connectivity index (χ4v) is 6.57. The van der Waals surface area contributed by atoms with Crippen LogP contribution in [0.1, 0.15) is 32.8 Å². The van der Waals surface area contributed by atoms with Crippen LogP contribution in [0.15, 0.2) is 121 Å². The Morgan fingerprint density at radius 3 is 0.969 bits per heavy atom. The van der Waals surface area contributed by atoms with E-state index < -0.39 is 4.58 Å². The van der Waals surface area contributed by atoms with E-state index in [0.29, 0.717) is 0 Å². The summed E-state index contributed by atoms with van der Waals surface area (Å²) in [6.45, 7) is 0. The van der Waals surface area contributed by atoms with Gasteiger partial charge in [-0.15, -0.1) is 23.5 Å². The van der Waals surface area contributed by atoms with Crippen molar-refractivity contribution in [3.05, 3.63) is 144 Å². The molecule has 0 bridgehead atoms. The third-order valence-corrected chi connectivity index (χ3v) is 8.42. The fraction of sp³-hybridized carbons (Fsp3) is 0.107. The van der Waals surface area contributed by atoms with Gasteiger partial charge in [-0.2, -0.15) is 0 Å². The Labute approximate surface area is 198 Å². The van der Waals surface area contributed by atoms with Gasteiger partial charge in [-0.1, -0.05) is 121 Å². The summed E-state index contributed by atoms with van der Waals surface area (Å²) in [5, 5.41) is 0.0178. The number of amides is 1. The first-order valence-corrected chi connectivity index (χ1v) is 12.4. The first-order chi connectivity index (χ1) is 15.7. The lowest BCUT2D eigenvalue weighted by atomic mass is 10.0. The van der Waals surface area contributed by atoms with Gasteiger partial charge in [0.15, 0.2) is 0 Å². The number of hydrogen-bond donors (Lipinski definition) is 1. The van der Waals surface area contributed by atoms with Gasteiger partial charge in [-0.25, -0.2) is 0 Å². The van der Waals surface area contributed by atoms with Crippen molar-refractivity contribution < 1.29 is 4.79 Å². The van der Waals surface area contributed by atoms with E-state index in [1.807, 2.05) is 72.8 Å². The van der Waals surface area contributed by atoms with Gasteiger partial charge in [0.2, 0.25) is 5.91 Å². The molecule has 4 aromatic rings. The lowest BCUT2D eigenvalue weighted by Crippen LogP contribution is -2.25. The maximum Gasteiger partial charge on any atom is 0.240 e. The summed E-state index contributed by atoms with van der Waals surface area (Å²) in [5.41, 5.74) is 10.6. The van der Waals surface area contributed by atoms with Gasteiger partial charge in [0.05, 0.1) is 10.5 Å². The SMILES string of the molecule is NC(=O)C(SC(c1ccccc1)c1ccccc1)SC(c1ccccc1)c1ccccc1. The Morgan fingerprint density at radius 1 is 0.500 bits per heavy atom. The second-order valence-corrected chi connectivity index (χ2v) is 10.1. The molecule has 0 heterocycles. The van der Waals surface area contributed by atoms with E-state index in [2.05, 4.69) is 48.5 Å². The minimum atomic E-state index is -0.425. The largest absolute Gasteiger partial charge is 0.368 e. The molecule has 4 aromatic carbocycles. The van der Waals surface area contributed by atoms with Crippen molar-refractivity contribution in [3.8, 4) is 0 Å². The smallest absolute Gasteiger partial charge is 0.240 e. The summed E-state index contributed by atoms with van der Waals surface area (Å²) < 4.78 is -0.425. The van der Waals surface area contributed by atoms with Crippen molar-refractivity contribution in [3.63, 3.8) is 0 Å². The topological polar surface area (TPSA) is 43.1 Å². The van der Waals surface area contributed by atoms with Crippen LogP contribution in [0, 0.1) is 0 Å². The molecule has 0 saturated carbocycles. The molecule has 160 valence electrons. The van der Waals surface area contributed by atoms with Gasteiger partial charge < -0.3 is 5.73 Å². The monoisotopic (exact) mass is 455 g/mol. The first-order valence-electron chi connectivity index (χ1n) is 10.5. The Morgan fingerprint density at radius 2 is 0.750 bits per heavy atom. The van der Waals surface area contributed by atoms with E-state index in [4.69, 9.17) is 5.73 Å². The predicted octanol–water partition coefficient (Wildman–Crippen LogP) is 6.84. The highest BCUT2D eigenvalue weighted by Crippen LogP contribution is 2.47. The molecule has 0 unspecified atom stereocenters. The van der Waals surface area contributed by atoms with Crippen LogP contribution in [0.2, 0.25) is 0 Å².